The molecule has 0 aliphatic heterocycles. The summed E-state index contributed by atoms with van der Waals surface area (Å²) in [6.45, 7) is 5.53. The van der Waals surface area contributed by atoms with Crippen molar-refractivity contribution in [3.8, 4) is 0 Å². The van der Waals surface area contributed by atoms with Crippen LogP contribution in [0.5, 0.6) is 0 Å². The first kappa shape index (κ1) is 13.7. The third-order valence-electron chi connectivity index (χ3n) is 4.11. The van der Waals surface area contributed by atoms with E-state index in [0.717, 1.165) is 30.2 Å². The number of fused-ring (bicyclic) bond motifs is 1. The molecule has 1 aromatic carbocycles. The fourth-order valence-electron chi connectivity index (χ4n) is 3.17. The monoisotopic (exact) mass is 289 g/mol. The molecule has 0 amide bonds. The zero-order valence-electron chi connectivity index (χ0n) is 11.9. The highest BCUT2D eigenvalue weighted by atomic mass is 35.5. The summed E-state index contributed by atoms with van der Waals surface area (Å²) in [7, 11) is 0. The number of nitrogens with one attached hydrogen (secondary N) is 2. The minimum Gasteiger partial charge on any atom is -0.349 e. The van der Waals surface area contributed by atoms with Crippen molar-refractivity contribution in [3.63, 3.8) is 0 Å². The molecule has 3 nitrogen and oxygen atoms in total. The molecule has 1 aromatic heterocycles. The highest BCUT2D eigenvalue weighted by Crippen LogP contribution is 2.45. The van der Waals surface area contributed by atoms with Gasteiger partial charge in [0.15, 0.2) is 0 Å². The summed E-state index contributed by atoms with van der Waals surface area (Å²) in [5, 5.41) is 4.49. The van der Waals surface area contributed by atoms with Crippen LogP contribution in [0.4, 0.5) is 0 Å². The second kappa shape index (κ2) is 5.23. The van der Waals surface area contributed by atoms with Gasteiger partial charge in [-0.1, -0.05) is 31.5 Å². The fourth-order valence-corrected chi connectivity index (χ4v) is 3.35. The maximum Gasteiger partial charge on any atom is 0.107 e. The van der Waals surface area contributed by atoms with Gasteiger partial charge in [-0.2, -0.15) is 0 Å². The van der Waals surface area contributed by atoms with Crippen molar-refractivity contribution in [2.24, 2.45) is 5.41 Å². The summed E-state index contributed by atoms with van der Waals surface area (Å²) in [5.41, 5.74) is 2.98. The zero-order valence-corrected chi connectivity index (χ0v) is 12.7. The smallest absolute Gasteiger partial charge is 0.107 e. The van der Waals surface area contributed by atoms with Crippen molar-refractivity contribution in [3.05, 3.63) is 52.6 Å². The molecule has 0 saturated carbocycles. The molecule has 2 N–H and O–H groups in total. The molecular weight excluding hydrogens is 270 g/mol. The standard InChI is InChI=1S/C16H20ClN3/c1-16(2)10-11-3-4-12(17)9-13(11)15(16)20-6-5-14-18-7-8-19-14/h3-4,7-9,15,20H,5-6,10H2,1-2H3,(H,18,19). The lowest BCUT2D eigenvalue weighted by Crippen LogP contribution is -2.32. The minimum absolute atomic E-state index is 0.218. The number of aromatic amines is 1. The molecule has 4 heteroatoms. The van der Waals surface area contributed by atoms with E-state index in [4.69, 9.17) is 11.6 Å². The summed E-state index contributed by atoms with van der Waals surface area (Å²) >= 11 is 6.15. The molecule has 0 fully saturated rings. The van der Waals surface area contributed by atoms with Gasteiger partial charge in [-0.25, -0.2) is 4.98 Å². The first-order valence-electron chi connectivity index (χ1n) is 7.06. The third-order valence-corrected chi connectivity index (χ3v) is 4.35. The summed E-state index contributed by atoms with van der Waals surface area (Å²) in [4.78, 5) is 7.40. The highest BCUT2D eigenvalue weighted by Gasteiger charge is 2.38. The number of hydrogen-bond donors (Lipinski definition) is 2. The van der Waals surface area contributed by atoms with Crippen LogP contribution in [-0.4, -0.2) is 16.5 Å². The lowest BCUT2D eigenvalue weighted by Gasteiger charge is -2.28. The molecule has 0 spiro atoms. The van der Waals surface area contributed by atoms with Gasteiger partial charge in [0.2, 0.25) is 0 Å². The average molecular weight is 290 g/mol. The molecule has 106 valence electrons. The number of nitrogens with zero attached hydrogens (tertiary/aromatic N) is 1. The first-order valence-corrected chi connectivity index (χ1v) is 7.44. The Morgan fingerprint density at radius 1 is 1.45 bits per heavy atom. The Bertz CT molecular complexity index is 590. The number of benzene rings is 1. The van der Waals surface area contributed by atoms with Crippen LogP contribution in [0.3, 0.4) is 0 Å². The Hall–Kier alpha value is -1.32. The van der Waals surface area contributed by atoms with Gasteiger partial charge in [0.1, 0.15) is 5.82 Å². The van der Waals surface area contributed by atoms with Crippen molar-refractivity contribution < 1.29 is 0 Å². The minimum atomic E-state index is 0.218. The number of hydrogen-bond acceptors (Lipinski definition) is 2. The van der Waals surface area contributed by atoms with Crippen LogP contribution >= 0.6 is 11.6 Å². The van der Waals surface area contributed by atoms with E-state index in [9.17, 15) is 0 Å². The molecule has 0 bridgehead atoms. The van der Waals surface area contributed by atoms with Crippen molar-refractivity contribution in [1.82, 2.24) is 15.3 Å². The maximum absolute atomic E-state index is 6.15. The predicted octanol–water partition coefficient (Wildman–Crippen LogP) is 3.52. The second-order valence-corrected chi connectivity index (χ2v) is 6.62. The van der Waals surface area contributed by atoms with Crippen LogP contribution in [0.25, 0.3) is 0 Å². The number of imidazole rings is 1. The van der Waals surface area contributed by atoms with Crippen molar-refractivity contribution >= 4 is 11.6 Å². The summed E-state index contributed by atoms with van der Waals surface area (Å²) in [5.74, 6) is 1.03. The van der Waals surface area contributed by atoms with E-state index in [1.807, 2.05) is 12.3 Å². The van der Waals surface area contributed by atoms with E-state index >= 15 is 0 Å². The number of H-pyrrole nitrogens is 1. The Kier molecular flexibility index (Phi) is 3.57. The fraction of sp³-hybridized carbons (Fsp3) is 0.438. The topological polar surface area (TPSA) is 40.7 Å². The summed E-state index contributed by atoms with van der Waals surface area (Å²) < 4.78 is 0. The van der Waals surface area contributed by atoms with Gasteiger partial charge < -0.3 is 10.3 Å². The largest absolute Gasteiger partial charge is 0.349 e. The summed E-state index contributed by atoms with van der Waals surface area (Å²) in [6.07, 6.45) is 5.67. The van der Waals surface area contributed by atoms with Crippen molar-refractivity contribution in [2.75, 3.05) is 6.54 Å². The average Bonchev–Trinajstić information content (AvgIpc) is 2.97. The predicted molar refractivity (Wildman–Crippen MR) is 82.0 cm³/mol. The number of rotatable bonds is 4. The second-order valence-electron chi connectivity index (χ2n) is 6.18. The van der Waals surface area contributed by atoms with E-state index < -0.39 is 0 Å². The normalized spacial score (nSPS) is 20.1. The van der Waals surface area contributed by atoms with E-state index in [0.29, 0.717) is 6.04 Å². The Balaban J connectivity index is 1.73. The van der Waals surface area contributed by atoms with Crippen LogP contribution in [0, 0.1) is 5.41 Å². The van der Waals surface area contributed by atoms with Gasteiger partial charge in [0.05, 0.1) is 0 Å². The Morgan fingerprint density at radius 2 is 2.30 bits per heavy atom. The third kappa shape index (κ3) is 2.60. The van der Waals surface area contributed by atoms with E-state index in [2.05, 4.69) is 41.3 Å². The van der Waals surface area contributed by atoms with E-state index in [1.54, 1.807) is 6.20 Å². The lowest BCUT2D eigenvalue weighted by atomic mass is 9.85. The van der Waals surface area contributed by atoms with Gasteiger partial charge >= 0.3 is 0 Å². The molecule has 0 saturated heterocycles. The molecule has 20 heavy (non-hydrogen) atoms. The van der Waals surface area contributed by atoms with Gasteiger partial charge in [0, 0.05) is 36.4 Å². The van der Waals surface area contributed by atoms with Crippen LogP contribution < -0.4 is 5.32 Å². The van der Waals surface area contributed by atoms with Crippen LogP contribution in [-0.2, 0) is 12.8 Å². The molecule has 1 atom stereocenters. The molecule has 1 heterocycles. The number of halogens is 1. The molecule has 0 radical (unpaired) electrons. The molecule has 2 aromatic rings. The quantitative estimate of drug-likeness (QED) is 0.904. The molecule has 3 rings (SSSR count). The lowest BCUT2D eigenvalue weighted by molar-refractivity contribution is 0.270. The highest BCUT2D eigenvalue weighted by molar-refractivity contribution is 6.30. The molecule has 1 unspecified atom stereocenters. The van der Waals surface area contributed by atoms with Crippen LogP contribution in [0.1, 0.15) is 36.8 Å². The Labute approximate surface area is 124 Å². The van der Waals surface area contributed by atoms with Gasteiger partial charge in [0.25, 0.3) is 0 Å². The molecule has 1 aliphatic carbocycles. The van der Waals surface area contributed by atoms with Crippen molar-refractivity contribution in [1.29, 1.82) is 0 Å². The van der Waals surface area contributed by atoms with Crippen LogP contribution in [0.2, 0.25) is 5.02 Å². The van der Waals surface area contributed by atoms with Gasteiger partial charge in [-0.15, -0.1) is 0 Å². The summed E-state index contributed by atoms with van der Waals surface area (Å²) in [6, 6.07) is 6.61. The first-order chi connectivity index (χ1) is 9.56. The number of aromatic nitrogens is 2. The molecule has 1 aliphatic rings. The van der Waals surface area contributed by atoms with E-state index in [-0.39, 0.29) is 5.41 Å². The molecular formula is C16H20ClN3. The SMILES string of the molecule is CC1(C)Cc2ccc(Cl)cc2C1NCCc1ncc[nH]1. The van der Waals surface area contributed by atoms with Gasteiger partial charge in [-0.05, 0) is 35.1 Å². The van der Waals surface area contributed by atoms with Crippen LogP contribution in [0.15, 0.2) is 30.6 Å². The van der Waals surface area contributed by atoms with Gasteiger partial charge in [-0.3, -0.25) is 0 Å². The van der Waals surface area contributed by atoms with Crippen molar-refractivity contribution in [2.45, 2.75) is 32.7 Å². The maximum atomic E-state index is 6.15. The Morgan fingerprint density at radius 3 is 3.05 bits per heavy atom. The zero-order chi connectivity index (χ0) is 14.2. The van der Waals surface area contributed by atoms with E-state index in [1.165, 1.54) is 11.1 Å².